The van der Waals surface area contributed by atoms with Crippen LogP contribution in [0.15, 0.2) is 23.1 Å². The molecule has 0 aromatic heterocycles. The van der Waals surface area contributed by atoms with Gasteiger partial charge in [-0.15, -0.1) is 0 Å². The summed E-state index contributed by atoms with van der Waals surface area (Å²) >= 11 is 0. The Labute approximate surface area is 139 Å². The summed E-state index contributed by atoms with van der Waals surface area (Å²) in [6.07, 6.45) is 0.870. The molecule has 0 aliphatic carbocycles. The number of nitro groups is 1. The molecule has 132 valence electrons. The van der Waals surface area contributed by atoms with Crippen LogP contribution in [0.3, 0.4) is 0 Å². The van der Waals surface area contributed by atoms with Crippen LogP contribution >= 0.6 is 0 Å². The maximum absolute atomic E-state index is 12.7. The van der Waals surface area contributed by atoms with Gasteiger partial charge in [0, 0.05) is 32.0 Å². The van der Waals surface area contributed by atoms with Gasteiger partial charge >= 0.3 is 5.69 Å². The standard InChI is InChI=1S/C14H18N2O7S/c1-21-13-3-2-11(10-12(13)16(17)18)24(19,20)15-6-4-14(5-7-15)22-8-9-23-14/h2-3,10H,4-9H2,1H3. The van der Waals surface area contributed by atoms with Crippen molar-refractivity contribution in [2.24, 2.45) is 0 Å². The largest absolute Gasteiger partial charge is 0.490 e. The zero-order valence-corrected chi connectivity index (χ0v) is 14.0. The lowest BCUT2D eigenvalue weighted by molar-refractivity contribution is -0.386. The van der Waals surface area contributed by atoms with Gasteiger partial charge in [0.2, 0.25) is 10.0 Å². The summed E-state index contributed by atoms with van der Waals surface area (Å²) in [6, 6.07) is 3.63. The first-order chi connectivity index (χ1) is 11.4. The molecule has 0 amide bonds. The number of methoxy groups -OCH3 is 1. The number of hydrogen-bond acceptors (Lipinski definition) is 7. The molecule has 1 aromatic carbocycles. The normalized spacial score (nSPS) is 21.0. The Kier molecular flexibility index (Phi) is 4.47. The second kappa shape index (κ2) is 6.28. The monoisotopic (exact) mass is 358 g/mol. The Morgan fingerprint density at radius 3 is 2.42 bits per heavy atom. The van der Waals surface area contributed by atoms with Crippen molar-refractivity contribution in [3.63, 3.8) is 0 Å². The number of piperidine rings is 1. The molecule has 2 saturated heterocycles. The lowest BCUT2D eigenvalue weighted by Gasteiger charge is -2.36. The van der Waals surface area contributed by atoms with Crippen molar-refractivity contribution < 1.29 is 27.6 Å². The zero-order chi connectivity index (χ0) is 17.4. The summed E-state index contributed by atoms with van der Waals surface area (Å²) in [7, 11) is -2.53. The maximum atomic E-state index is 12.7. The molecule has 2 fully saturated rings. The molecule has 9 nitrogen and oxygen atoms in total. The number of sulfonamides is 1. The minimum atomic E-state index is -3.83. The molecule has 0 atom stereocenters. The highest BCUT2D eigenvalue weighted by Gasteiger charge is 2.42. The number of hydrogen-bond donors (Lipinski definition) is 0. The molecular weight excluding hydrogens is 340 g/mol. The first-order valence-corrected chi connectivity index (χ1v) is 8.92. The lowest BCUT2D eigenvalue weighted by Crippen LogP contribution is -2.47. The van der Waals surface area contributed by atoms with Gasteiger partial charge in [0.25, 0.3) is 0 Å². The SMILES string of the molecule is COc1ccc(S(=O)(=O)N2CCC3(CC2)OCCO3)cc1[N+](=O)[O-]. The highest BCUT2D eigenvalue weighted by atomic mass is 32.2. The summed E-state index contributed by atoms with van der Waals surface area (Å²) < 4.78 is 42.9. The average Bonchev–Trinajstić information content (AvgIpc) is 3.02. The maximum Gasteiger partial charge on any atom is 0.312 e. The number of nitrogens with zero attached hydrogens (tertiary/aromatic N) is 2. The van der Waals surface area contributed by atoms with Gasteiger partial charge in [-0.3, -0.25) is 10.1 Å². The van der Waals surface area contributed by atoms with Gasteiger partial charge in [-0.1, -0.05) is 0 Å². The van der Waals surface area contributed by atoms with Crippen molar-refractivity contribution >= 4 is 15.7 Å². The van der Waals surface area contributed by atoms with Crippen molar-refractivity contribution in [2.75, 3.05) is 33.4 Å². The summed E-state index contributed by atoms with van der Waals surface area (Å²) in [4.78, 5) is 10.3. The third-order valence-electron chi connectivity index (χ3n) is 4.28. The molecule has 0 N–H and O–H groups in total. The van der Waals surface area contributed by atoms with E-state index in [0.717, 1.165) is 6.07 Å². The van der Waals surface area contributed by atoms with E-state index in [2.05, 4.69) is 0 Å². The van der Waals surface area contributed by atoms with Crippen molar-refractivity contribution in [3.05, 3.63) is 28.3 Å². The summed E-state index contributed by atoms with van der Waals surface area (Å²) in [5, 5.41) is 11.1. The molecule has 1 aromatic rings. The number of ether oxygens (including phenoxy) is 3. The van der Waals surface area contributed by atoms with E-state index in [1.165, 1.54) is 23.5 Å². The van der Waals surface area contributed by atoms with E-state index in [-0.39, 0.29) is 29.4 Å². The Bertz CT molecular complexity index is 733. The van der Waals surface area contributed by atoms with Crippen LogP contribution < -0.4 is 4.74 Å². The quantitative estimate of drug-likeness (QED) is 0.586. The van der Waals surface area contributed by atoms with Crippen LogP contribution in [0.2, 0.25) is 0 Å². The first kappa shape index (κ1) is 17.1. The van der Waals surface area contributed by atoms with E-state index in [0.29, 0.717) is 26.1 Å². The van der Waals surface area contributed by atoms with Crippen LogP contribution in [0.1, 0.15) is 12.8 Å². The molecule has 0 unspecified atom stereocenters. The molecule has 2 aliphatic heterocycles. The summed E-state index contributed by atoms with van der Waals surface area (Å²) in [5.41, 5.74) is -0.380. The van der Waals surface area contributed by atoms with Gasteiger partial charge < -0.3 is 14.2 Å². The fraction of sp³-hybridized carbons (Fsp3) is 0.571. The molecule has 1 spiro atoms. The van der Waals surface area contributed by atoms with Gasteiger partial charge in [0.15, 0.2) is 11.5 Å². The molecule has 0 saturated carbocycles. The predicted octanol–water partition coefficient (Wildman–Crippen LogP) is 1.13. The van der Waals surface area contributed by atoms with E-state index in [4.69, 9.17) is 14.2 Å². The van der Waals surface area contributed by atoms with Crippen LogP contribution in [0, 0.1) is 10.1 Å². The van der Waals surface area contributed by atoms with E-state index in [1.54, 1.807) is 0 Å². The van der Waals surface area contributed by atoms with E-state index in [9.17, 15) is 18.5 Å². The van der Waals surface area contributed by atoms with Crippen molar-refractivity contribution in [2.45, 2.75) is 23.5 Å². The van der Waals surface area contributed by atoms with Crippen molar-refractivity contribution in [1.82, 2.24) is 4.31 Å². The zero-order valence-electron chi connectivity index (χ0n) is 13.1. The number of benzene rings is 1. The molecular formula is C14H18N2O7S. The van der Waals surface area contributed by atoms with Gasteiger partial charge in [0.1, 0.15) is 0 Å². The van der Waals surface area contributed by atoms with Crippen LogP contribution in [-0.4, -0.2) is 56.8 Å². The number of nitro benzene ring substituents is 1. The average molecular weight is 358 g/mol. The molecule has 2 aliphatic rings. The van der Waals surface area contributed by atoms with Gasteiger partial charge in [-0.2, -0.15) is 4.31 Å². The smallest absolute Gasteiger partial charge is 0.312 e. The topological polar surface area (TPSA) is 108 Å². The Morgan fingerprint density at radius 1 is 1.25 bits per heavy atom. The van der Waals surface area contributed by atoms with Crippen molar-refractivity contribution in [1.29, 1.82) is 0 Å². The lowest BCUT2D eigenvalue weighted by atomic mass is 10.1. The van der Waals surface area contributed by atoms with Crippen LogP contribution in [0.25, 0.3) is 0 Å². The van der Waals surface area contributed by atoms with Crippen LogP contribution in [0.4, 0.5) is 5.69 Å². The van der Waals surface area contributed by atoms with Crippen LogP contribution in [0.5, 0.6) is 5.75 Å². The Hall–Kier alpha value is -1.75. The molecule has 2 heterocycles. The molecule has 3 rings (SSSR count). The minimum absolute atomic E-state index is 0.0179. The third-order valence-corrected chi connectivity index (χ3v) is 6.18. The van der Waals surface area contributed by atoms with E-state index < -0.39 is 20.7 Å². The molecule has 10 heteroatoms. The summed E-state index contributed by atoms with van der Waals surface area (Å²) in [6.45, 7) is 1.50. The highest BCUT2D eigenvalue weighted by molar-refractivity contribution is 7.89. The minimum Gasteiger partial charge on any atom is -0.490 e. The van der Waals surface area contributed by atoms with Gasteiger partial charge in [0.05, 0.1) is 30.1 Å². The van der Waals surface area contributed by atoms with Gasteiger partial charge in [-0.25, -0.2) is 8.42 Å². The number of rotatable bonds is 4. The van der Waals surface area contributed by atoms with Crippen LogP contribution in [-0.2, 0) is 19.5 Å². The fourth-order valence-corrected chi connectivity index (χ4v) is 4.44. The second-order valence-electron chi connectivity index (χ2n) is 5.60. The Balaban J connectivity index is 1.83. The first-order valence-electron chi connectivity index (χ1n) is 7.48. The molecule has 0 radical (unpaired) electrons. The molecule has 24 heavy (non-hydrogen) atoms. The molecule has 0 bridgehead atoms. The van der Waals surface area contributed by atoms with Gasteiger partial charge in [-0.05, 0) is 12.1 Å². The second-order valence-corrected chi connectivity index (χ2v) is 7.54. The summed E-state index contributed by atoms with van der Waals surface area (Å²) in [5.74, 6) is -0.665. The highest BCUT2D eigenvalue weighted by Crippen LogP contribution is 2.35. The predicted molar refractivity (Wildman–Crippen MR) is 82.3 cm³/mol. The van der Waals surface area contributed by atoms with E-state index >= 15 is 0 Å². The van der Waals surface area contributed by atoms with Crippen molar-refractivity contribution in [3.8, 4) is 5.75 Å². The van der Waals surface area contributed by atoms with E-state index in [1.807, 2.05) is 0 Å². The Morgan fingerprint density at radius 2 is 1.88 bits per heavy atom. The third kappa shape index (κ3) is 2.97. The fourth-order valence-electron chi connectivity index (χ4n) is 2.97.